The number of rotatable bonds is 4. The van der Waals surface area contributed by atoms with E-state index >= 15 is 0 Å². The Balaban J connectivity index is 1.71. The normalized spacial score (nSPS) is 15.1. The van der Waals surface area contributed by atoms with Crippen molar-refractivity contribution in [2.24, 2.45) is 0 Å². The second kappa shape index (κ2) is 6.35. The van der Waals surface area contributed by atoms with Crippen LogP contribution < -0.4 is 5.32 Å². The fraction of sp³-hybridized carbons (Fsp3) is 0.421. The Morgan fingerprint density at radius 2 is 1.96 bits per heavy atom. The van der Waals surface area contributed by atoms with E-state index in [9.17, 15) is 4.79 Å². The first-order valence-corrected chi connectivity index (χ1v) is 8.89. The molecule has 3 aromatic rings. The SMILES string of the molecule is Cc1cc(C)c2c(-n3cccc3)nn(CC(=O)NC3CCCC3)c2n1. The van der Waals surface area contributed by atoms with Gasteiger partial charge in [-0.2, -0.15) is 5.10 Å². The lowest BCUT2D eigenvalue weighted by Crippen LogP contribution is -2.35. The summed E-state index contributed by atoms with van der Waals surface area (Å²) in [7, 11) is 0. The van der Waals surface area contributed by atoms with Crippen LogP contribution in [0.2, 0.25) is 0 Å². The van der Waals surface area contributed by atoms with E-state index in [4.69, 9.17) is 5.10 Å². The lowest BCUT2D eigenvalue weighted by atomic mass is 10.2. The number of hydrogen-bond acceptors (Lipinski definition) is 3. The maximum absolute atomic E-state index is 12.5. The molecule has 1 aliphatic rings. The topological polar surface area (TPSA) is 64.7 Å². The van der Waals surface area contributed by atoms with E-state index in [1.54, 1.807) is 4.68 Å². The first kappa shape index (κ1) is 15.9. The Morgan fingerprint density at radius 3 is 2.68 bits per heavy atom. The average molecular weight is 337 g/mol. The highest BCUT2D eigenvalue weighted by Crippen LogP contribution is 2.25. The lowest BCUT2D eigenvalue weighted by molar-refractivity contribution is -0.122. The largest absolute Gasteiger partial charge is 0.352 e. The number of fused-ring (bicyclic) bond motifs is 1. The van der Waals surface area contributed by atoms with Crippen molar-refractivity contribution in [2.75, 3.05) is 0 Å². The fourth-order valence-electron chi connectivity index (χ4n) is 3.74. The van der Waals surface area contributed by atoms with Gasteiger partial charge in [-0.3, -0.25) is 4.79 Å². The Hall–Kier alpha value is -2.63. The highest BCUT2D eigenvalue weighted by Gasteiger charge is 2.20. The molecule has 6 nitrogen and oxygen atoms in total. The zero-order valence-electron chi connectivity index (χ0n) is 14.7. The van der Waals surface area contributed by atoms with Crippen LogP contribution in [0.25, 0.3) is 16.9 Å². The number of amides is 1. The summed E-state index contributed by atoms with van der Waals surface area (Å²) in [5.74, 6) is 0.829. The van der Waals surface area contributed by atoms with E-state index in [2.05, 4.69) is 23.3 Å². The number of carbonyl (C=O) groups is 1. The van der Waals surface area contributed by atoms with Crippen molar-refractivity contribution in [1.29, 1.82) is 0 Å². The Bertz CT molecular complexity index is 904. The second-order valence-electron chi connectivity index (χ2n) is 6.90. The number of nitrogens with one attached hydrogen (secondary N) is 1. The van der Waals surface area contributed by atoms with Crippen LogP contribution >= 0.6 is 0 Å². The minimum Gasteiger partial charge on any atom is -0.352 e. The van der Waals surface area contributed by atoms with Crippen LogP contribution in [0.5, 0.6) is 0 Å². The summed E-state index contributed by atoms with van der Waals surface area (Å²) >= 11 is 0. The van der Waals surface area contributed by atoms with Gasteiger partial charge in [-0.05, 0) is 50.5 Å². The predicted molar refractivity (Wildman–Crippen MR) is 96.7 cm³/mol. The molecule has 1 amide bonds. The molecular formula is C19H23N5O. The Morgan fingerprint density at radius 1 is 1.24 bits per heavy atom. The number of hydrogen-bond donors (Lipinski definition) is 1. The van der Waals surface area contributed by atoms with Crippen molar-refractivity contribution in [3.63, 3.8) is 0 Å². The van der Waals surface area contributed by atoms with Crippen LogP contribution in [0, 0.1) is 13.8 Å². The third-order valence-electron chi connectivity index (χ3n) is 4.87. The molecule has 6 heteroatoms. The average Bonchev–Trinajstić information content (AvgIpc) is 3.28. The molecule has 1 saturated carbocycles. The summed E-state index contributed by atoms with van der Waals surface area (Å²) in [6, 6.07) is 6.30. The van der Waals surface area contributed by atoms with Crippen LogP contribution in [0.4, 0.5) is 0 Å². The van der Waals surface area contributed by atoms with Crippen molar-refractivity contribution in [3.8, 4) is 5.82 Å². The molecule has 0 aromatic carbocycles. The number of carbonyl (C=O) groups excluding carboxylic acids is 1. The maximum Gasteiger partial charge on any atom is 0.242 e. The molecule has 0 bridgehead atoms. The lowest BCUT2D eigenvalue weighted by Gasteiger charge is -2.12. The van der Waals surface area contributed by atoms with Crippen molar-refractivity contribution in [1.82, 2.24) is 24.6 Å². The van der Waals surface area contributed by atoms with Crippen LogP contribution in [0.15, 0.2) is 30.6 Å². The molecule has 1 fully saturated rings. The summed E-state index contributed by atoms with van der Waals surface area (Å²) in [5.41, 5.74) is 2.82. The Labute approximate surface area is 146 Å². The van der Waals surface area contributed by atoms with Gasteiger partial charge >= 0.3 is 0 Å². The second-order valence-corrected chi connectivity index (χ2v) is 6.90. The number of aromatic nitrogens is 4. The van der Waals surface area contributed by atoms with Gasteiger partial charge in [0.15, 0.2) is 11.5 Å². The number of pyridine rings is 1. The quantitative estimate of drug-likeness (QED) is 0.796. The van der Waals surface area contributed by atoms with Gasteiger partial charge in [-0.1, -0.05) is 12.8 Å². The third kappa shape index (κ3) is 3.04. The summed E-state index contributed by atoms with van der Waals surface area (Å²) in [4.78, 5) is 17.1. The highest BCUT2D eigenvalue weighted by atomic mass is 16.2. The van der Waals surface area contributed by atoms with Gasteiger partial charge in [0.25, 0.3) is 0 Å². The minimum atomic E-state index is 0.0105. The standard InChI is InChI=1S/C19H23N5O/c1-13-11-14(2)20-18-17(13)19(23-9-5-6-10-23)22-24(18)12-16(25)21-15-7-3-4-8-15/h5-6,9-11,15H,3-4,7-8,12H2,1-2H3,(H,21,25). The zero-order valence-corrected chi connectivity index (χ0v) is 14.7. The molecule has 3 aromatic heterocycles. The van der Waals surface area contributed by atoms with Crippen molar-refractivity contribution < 1.29 is 4.79 Å². The van der Waals surface area contributed by atoms with Gasteiger partial charge in [0.05, 0.1) is 5.39 Å². The Kier molecular flexibility index (Phi) is 4.03. The molecule has 0 aliphatic heterocycles. The molecule has 0 radical (unpaired) electrons. The molecule has 3 heterocycles. The molecule has 4 rings (SSSR count). The maximum atomic E-state index is 12.5. The smallest absolute Gasteiger partial charge is 0.242 e. The molecule has 130 valence electrons. The predicted octanol–water partition coefficient (Wildman–Crippen LogP) is 2.90. The molecule has 0 saturated heterocycles. The molecule has 1 aliphatic carbocycles. The number of nitrogens with zero attached hydrogens (tertiary/aromatic N) is 4. The van der Waals surface area contributed by atoms with Crippen LogP contribution in [0.1, 0.15) is 36.9 Å². The van der Waals surface area contributed by atoms with Gasteiger partial charge < -0.3 is 9.88 Å². The van der Waals surface area contributed by atoms with E-state index in [0.29, 0.717) is 6.04 Å². The molecule has 0 atom stereocenters. The van der Waals surface area contributed by atoms with Crippen LogP contribution in [0.3, 0.4) is 0 Å². The first-order valence-electron chi connectivity index (χ1n) is 8.89. The number of aryl methyl sites for hydroxylation is 2. The zero-order chi connectivity index (χ0) is 17.4. The molecule has 1 N–H and O–H groups in total. The van der Waals surface area contributed by atoms with Gasteiger partial charge in [0.1, 0.15) is 6.54 Å². The van der Waals surface area contributed by atoms with Crippen molar-refractivity contribution in [3.05, 3.63) is 41.9 Å². The molecule has 25 heavy (non-hydrogen) atoms. The summed E-state index contributed by atoms with van der Waals surface area (Å²) < 4.78 is 3.70. The molecular weight excluding hydrogens is 314 g/mol. The van der Waals surface area contributed by atoms with E-state index in [1.165, 1.54) is 12.8 Å². The summed E-state index contributed by atoms with van der Waals surface area (Å²) in [6.45, 7) is 4.23. The van der Waals surface area contributed by atoms with Gasteiger partial charge in [0.2, 0.25) is 5.91 Å². The van der Waals surface area contributed by atoms with Crippen molar-refractivity contribution in [2.45, 2.75) is 52.1 Å². The highest BCUT2D eigenvalue weighted by molar-refractivity contribution is 5.88. The van der Waals surface area contributed by atoms with Gasteiger partial charge in [-0.15, -0.1) is 0 Å². The van der Waals surface area contributed by atoms with E-state index in [0.717, 1.165) is 41.0 Å². The first-order chi connectivity index (χ1) is 12.1. The van der Waals surface area contributed by atoms with Gasteiger partial charge in [0, 0.05) is 24.1 Å². The molecule has 0 spiro atoms. The molecule has 0 unspecified atom stereocenters. The fourth-order valence-corrected chi connectivity index (χ4v) is 3.74. The van der Waals surface area contributed by atoms with Gasteiger partial charge in [-0.25, -0.2) is 9.67 Å². The van der Waals surface area contributed by atoms with Crippen LogP contribution in [-0.2, 0) is 11.3 Å². The van der Waals surface area contributed by atoms with E-state index in [1.807, 2.05) is 36.0 Å². The van der Waals surface area contributed by atoms with Crippen LogP contribution in [-0.4, -0.2) is 31.3 Å². The minimum absolute atomic E-state index is 0.0105. The van der Waals surface area contributed by atoms with Crippen molar-refractivity contribution >= 4 is 16.9 Å². The third-order valence-corrected chi connectivity index (χ3v) is 4.87. The summed E-state index contributed by atoms with van der Waals surface area (Å²) in [6.07, 6.45) is 8.49. The monoisotopic (exact) mass is 337 g/mol. The summed E-state index contributed by atoms with van der Waals surface area (Å²) in [5, 5.41) is 8.83. The van der Waals surface area contributed by atoms with E-state index in [-0.39, 0.29) is 12.5 Å². The van der Waals surface area contributed by atoms with E-state index < -0.39 is 0 Å².